The van der Waals surface area contributed by atoms with Crippen LogP contribution in [0.2, 0.25) is 0 Å². The summed E-state index contributed by atoms with van der Waals surface area (Å²) in [6, 6.07) is 11.3. The summed E-state index contributed by atoms with van der Waals surface area (Å²) in [5.41, 5.74) is 5.39. The molecule has 4 aromatic rings. The molecule has 0 saturated heterocycles. The van der Waals surface area contributed by atoms with Gasteiger partial charge in [-0.1, -0.05) is 17.3 Å². The Bertz CT molecular complexity index is 1380. The fraction of sp³-hybridized carbons (Fsp3) is 0.370. The maximum Gasteiger partial charge on any atom is 0.306 e. The number of hydrogen-bond donors (Lipinski definition) is 1. The first kappa shape index (κ1) is 23.1. The summed E-state index contributed by atoms with van der Waals surface area (Å²) >= 11 is 0. The quantitative estimate of drug-likeness (QED) is 0.374. The van der Waals surface area contributed by atoms with Crippen molar-refractivity contribution in [3.05, 3.63) is 65.1 Å². The zero-order chi connectivity index (χ0) is 24.7. The standard InChI is InChI=1S/C27H28FN3O4/c1-15-26(16(2)35-30-15)19-7-10-23-22(14-19)29-25(13-17-4-11-24(34-3)21(28)12-17)31(23)20-8-5-18(6-9-20)27(32)33/h4,7,10-12,14,18,20H,5-6,8-9,13H2,1-3H3,(H,32,33). The largest absolute Gasteiger partial charge is 0.494 e. The minimum atomic E-state index is -0.725. The van der Waals surface area contributed by atoms with Gasteiger partial charge in [0.25, 0.3) is 0 Å². The number of halogens is 1. The molecule has 5 rings (SSSR count). The van der Waals surface area contributed by atoms with E-state index in [1.807, 2.05) is 32.0 Å². The maximum atomic E-state index is 14.4. The Morgan fingerprint density at radius 3 is 2.57 bits per heavy atom. The number of aryl methyl sites for hydroxylation is 2. The lowest BCUT2D eigenvalue weighted by Crippen LogP contribution is -2.24. The average Bonchev–Trinajstić information content (AvgIpc) is 3.37. The Kier molecular flexibility index (Phi) is 6.05. The van der Waals surface area contributed by atoms with Gasteiger partial charge in [0.05, 0.1) is 29.8 Å². The zero-order valence-corrected chi connectivity index (χ0v) is 20.0. The molecule has 7 nitrogen and oxygen atoms in total. The van der Waals surface area contributed by atoms with Crippen LogP contribution in [0.1, 0.15) is 54.6 Å². The molecule has 0 unspecified atom stereocenters. The van der Waals surface area contributed by atoms with Crippen LogP contribution in [0.15, 0.2) is 40.9 Å². The maximum absolute atomic E-state index is 14.4. The lowest BCUT2D eigenvalue weighted by Gasteiger charge is -2.29. The SMILES string of the molecule is COc1ccc(Cc2nc3cc(-c4c(C)noc4C)ccc3n2C2CCC(C(=O)O)CC2)cc1F. The van der Waals surface area contributed by atoms with Crippen molar-refractivity contribution in [1.82, 2.24) is 14.7 Å². The van der Waals surface area contributed by atoms with Crippen LogP contribution in [0.25, 0.3) is 22.2 Å². The molecule has 0 radical (unpaired) electrons. The Balaban J connectivity index is 1.57. The molecule has 1 aliphatic rings. The molecule has 0 aliphatic heterocycles. The number of hydrogen-bond acceptors (Lipinski definition) is 5. The number of carboxylic acid groups (broad SMARTS) is 1. The highest BCUT2D eigenvalue weighted by Crippen LogP contribution is 2.37. The summed E-state index contributed by atoms with van der Waals surface area (Å²) in [6.07, 6.45) is 3.24. The van der Waals surface area contributed by atoms with Gasteiger partial charge in [-0.05, 0) is 74.9 Å². The second-order valence-electron chi connectivity index (χ2n) is 9.29. The van der Waals surface area contributed by atoms with Crippen LogP contribution in [0.5, 0.6) is 5.75 Å². The van der Waals surface area contributed by atoms with Gasteiger partial charge in [-0.15, -0.1) is 0 Å². The molecule has 0 bridgehead atoms. The average molecular weight is 478 g/mol. The molecule has 182 valence electrons. The molecular weight excluding hydrogens is 449 g/mol. The number of aromatic nitrogens is 3. The molecule has 0 amide bonds. The molecule has 2 aromatic heterocycles. The molecule has 1 saturated carbocycles. The first-order chi connectivity index (χ1) is 16.9. The normalized spacial score (nSPS) is 18.2. The van der Waals surface area contributed by atoms with E-state index in [0.717, 1.165) is 57.8 Å². The summed E-state index contributed by atoms with van der Waals surface area (Å²) in [4.78, 5) is 16.5. The van der Waals surface area contributed by atoms with E-state index >= 15 is 0 Å². The minimum Gasteiger partial charge on any atom is -0.494 e. The first-order valence-electron chi connectivity index (χ1n) is 11.8. The third-order valence-corrected chi connectivity index (χ3v) is 7.07. The monoisotopic (exact) mass is 477 g/mol. The lowest BCUT2D eigenvalue weighted by molar-refractivity contribution is -0.143. The summed E-state index contributed by atoms with van der Waals surface area (Å²) < 4.78 is 27.0. The van der Waals surface area contributed by atoms with Gasteiger partial charge < -0.3 is 18.9 Å². The molecule has 1 fully saturated rings. The predicted molar refractivity (Wildman–Crippen MR) is 129 cm³/mol. The zero-order valence-electron chi connectivity index (χ0n) is 20.0. The van der Waals surface area contributed by atoms with Crippen LogP contribution in [-0.4, -0.2) is 32.9 Å². The Labute approximate surface area is 202 Å². The third-order valence-electron chi connectivity index (χ3n) is 7.07. The van der Waals surface area contributed by atoms with Crippen molar-refractivity contribution in [3.8, 4) is 16.9 Å². The number of nitrogens with zero attached hydrogens (tertiary/aromatic N) is 3. The van der Waals surface area contributed by atoms with Gasteiger partial charge in [0.1, 0.15) is 11.6 Å². The number of rotatable bonds is 6. The third kappa shape index (κ3) is 4.29. The van der Waals surface area contributed by atoms with Crippen LogP contribution >= 0.6 is 0 Å². The van der Waals surface area contributed by atoms with Gasteiger partial charge in [-0.2, -0.15) is 0 Å². The van der Waals surface area contributed by atoms with E-state index in [9.17, 15) is 14.3 Å². The van der Waals surface area contributed by atoms with E-state index in [-0.39, 0.29) is 17.7 Å². The first-order valence-corrected chi connectivity index (χ1v) is 11.8. The highest BCUT2D eigenvalue weighted by atomic mass is 19.1. The van der Waals surface area contributed by atoms with Crippen molar-refractivity contribution in [2.75, 3.05) is 7.11 Å². The Hall–Kier alpha value is -3.68. The summed E-state index contributed by atoms with van der Waals surface area (Å²) in [7, 11) is 1.45. The lowest BCUT2D eigenvalue weighted by atomic mass is 9.86. The molecule has 1 N–H and O–H groups in total. The number of fused-ring (bicyclic) bond motifs is 1. The number of imidazole rings is 1. The molecule has 0 spiro atoms. The summed E-state index contributed by atoms with van der Waals surface area (Å²) in [5, 5.41) is 13.5. The second kappa shape index (κ2) is 9.17. The van der Waals surface area contributed by atoms with Crippen LogP contribution in [0, 0.1) is 25.6 Å². The Morgan fingerprint density at radius 1 is 1.17 bits per heavy atom. The molecule has 2 heterocycles. The number of aliphatic carboxylic acids is 1. The van der Waals surface area contributed by atoms with Gasteiger partial charge in [0.15, 0.2) is 11.6 Å². The number of methoxy groups -OCH3 is 1. The van der Waals surface area contributed by atoms with Crippen LogP contribution in [0.3, 0.4) is 0 Å². The van der Waals surface area contributed by atoms with Crippen LogP contribution in [-0.2, 0) is 11.2 Å². The number of ether oxygens (including phenoxy) is 1. The molecule has 2 aromatic carbocycles. The fourth-order valence-corrected chi connectivity index (χ4v) is 5.31. The predicted octanol–water partition coefficient (Wildman–Crippen LogP) is 5.86. The molecule has 35 heavy (non-hydrogen) atoms. The number of carboxylic acids is 1. The molecule has 0 atom stereocenters. The minimum absolute atomic E-state index is 0.138. The van der Waals surface area contributed by atoms with Gasteiger partial charge >= 0.3 is 5.97 Å². The fourth-order valence-electron chi connectivity index (χ4n) is 5.31. The van der Waals surface area contributed by atoms with Crippen molar-refractivity contribution >= 4 is 17.0 Å². The van der Waals surface area contributed by atoms with E-state index in [2.05, 4.69) is 15.8 Å². The van der Waals surface area contributed by atoms with Gasteiger partial charge in [-0.3, -0.25) is 4.79 Å². The van der Waals surface area contributed by atoms with E-state index in [1.165, 1.54) is 13.2 Å². The molecule has 1 aliphatic carbocycles. The van der Waals surface area contributed by atoms with E-state index in [4.69, 9.17) is 14.2 Å². The Morgan fingerprint density at radius 2 is 1.94 bits per heavy atom. The van der Waals surface area contributed by atoms with Crippen molar-refractivity contribution in [1.29, 1.82) is 0 Å². The van der Waals surface area contributed by atoms with Crippen molar-refractivity contribution < 1.29 is 23.6 Å². The topological polar surface area (TPSA) is 90.4 Å². The second-order valence-corrected chi connectivity index (χ2v) is 9.29. The van der Waals surface area contributed by atoms with Crippen molar-refractivity contribution in [3.63, 3.8) is 0 Å². The van der Waals surface area contributed by atoms with Crippen LogP contribution < -0.4 is 4.74 Å². The molecule has 8 heteroatoms. The highest BCUT2D eigenvalue weighted by Gasteiger charge is 2.29. The van der Waals surface area contributed by atoms with Crippen molar-refractivity contribution in [2.24, 2.45) is 5.92 Å². The molecular formula is C27H28FN3O4. The smallest absolute Gasteiger partial charge is 0.306 e. The summed E-state index contributed by atoms with van der Waals surface area (Å²) in [6.45, 7) is 3.81. The van der Waals surface area contributed by atoms with Gasteiger partial charge in [-0.25, -0.2) is 9.37 Å². The number of carbonyl (C=O) groups is 1. The van der Waals surface area contributed by atoms with Crippen molar-refractivity contribution in [2.45, 2.75) is 52.0 Å². The van der Waals surface area contributed by atoms with E-state index in [0.29, 0.717) is 19.3 Å². The number of benzene rings is 2. The van der Waals surface area contributed by atoms with Gasteiger partial charge in [0.2, 0.25) is 0 Å². The summed E-state index contributed by atoms with van der Waals surface area (Å²) in [5.74, 6) is 0.360. The van der Waals surface area contributed by atoms with E-state index in [1.54, 1.807) is 6.07 Å². The highest BCUT2D eigenvalue weighted by molar-refractivity contribution is 5.84. The van der Waals surface area contributed by atoms with Gasteiger partial charge in [0, 0.05) is 18.0 Å². The van der Waals surface area contributed by atoms with E-state index < -0.39 is 11.8 Å². The van der Waals surface area contributed by atoms with Crippen LogP contribution in [0.4, 0.5) is 4.39 Å².